The van der Waals surface area contributed by atoms with Gasteiger partial charge < -0.3 is 14.6 Å². The molecule has 1 amide bonds. The van der Waals surface area contributed by atoms with E-state index in [-0.39, 0.29) is 11.8 Å². The van der Waals surface area contributed by atoms with Crippen LogP contribution in [0.1, 0.15) is 36.2 Å². The SMILES string of the molecule is Cc1ccc2nc3c(n2c1)CC(C(=O)Nc1ccc(N2CCCC2)cc1)CC3. The Bertz CT molecular complexity index is 1020. The molecule has 1 aliphatic carbocycles. The van der Waals surface area contributed by atoms with Crippen molar-refractivity contribution in [2.24, 2.45) is 5.92 Å². The maximum Gasteiger partial charge on any atom is 0.227 e. The van der Waals surface area contributed by atoms with Crippen LogP contribution in [-0.4, -0.2) is 28.4 Å². The number of hydrogen-bond acceptors (Lipinski definition) is 3. The van der Waals surface area contributed by atoms with Crippen molar-refractivity contribution in [2.45, 2.75) is 39.0 Å². The zero-order valence-electron chi connectivity index (χ0n) is 16.3. The van der Waals surface area contributed by atoms with Crippen LogP contribution in [0.5, 0.6) is 0 Å². The van der Waals surface area contributed by atoms with E-state index in [4.69, 9.17) is 4.98 Å². The van der Waals surface area contributed by atoms with Crippen LogP contribution in [0, 0.1) is 12.8 Å². The maximum atomic E-state index is 12.9. The second kappa shape index (κ2) is 6.97. The number of carbonyl (C=O) groups is 1. The van der Waals surface area contributed by atoms with Crippen molar-refractivity contribution in [1.29, 1.82) is 0 Å². The van der Waals surface area contributed by atoms with Crippen LogP contribution < -0.4 is 10.2 Å². The van der Waals surface area contributed by atoms with Gasteiger partial charge in [0.25, 0.3) is 0 Å². The van der Waals surface area contributed by atoms with Gasteiger partial charge in [0.2, 0.25) is 5.91 Å². The zero-order valence-corrected chi connectivity index (χ0v) is 16.3. The third-order valence-corrected chi connectivity index (χ3v) is 6.09. The van der Waals surface area contributed by atoms with Gasteiger partial charge in [-0.15, -0.1) is 0 Å². The molecule has 2 aliphatic rings. The van der Waals surface area contributed by atoms with Crippen molar-refractivity contribution >= 4 is 22.9 Å². The van der Waals surface area contributed by atoms with Gasteiger partial charge in [-0.2, -0.15) is 0 Å². The average Bonchev–Trinajstić information content (AvgIpc) is 3.36. The summed E-state index contributed by atoms with van der Waals surface area (Å²) < 4.78 is 2.16. The van der Waals surface area contributed by atoms with Gasteiger partial charge in [-0.25, -0.2) is 4.98 Å². The Morgan fingerprint density at radius 2 is 1.89 bits per heavy atom. The second-order valence-corrected chi connectivity index (χ2v) is 8.11. The maximum absolute atomic E-state index is 12.9. The van der Waals surface area contributed by atoms with Gasteiger partial charge in [-0.3, -0.25) is 4.79 Å². The summed E-state index contributed by atoms with van der Waals surface area (Å²) in [7, 11) is 0. The molecule has 1 aliphatic heterocycles. The minimum Gasteiger partial charge on any atom is -0.372 e. The summed E-state index contributed by atoms with van der Waals surface area (Å²) in [6.07, 6.45) is 7.13. The molecule has 1 N–H and O–H groups in total. The first-order valence-corrected chi connectivity index (χ1v) is 10.3. The van der Waals surface area contributed by atoms with Gasteiger partial charge in [0, 0.05) is 48.7 Å². The molecule has 3 heterocycles. The number of anilines is 2. The highest BCUT2D eigenvalue weighted by molar-refractivity contribution is 5.93. The fourth-order valence-corrected chi connectivity index (χ4v) is 4.51. The van der Waals surface area contributed by atoms with Crippen LogP contribution in [0.3, 0.4) is 0 Å². The fraction of sp³-hybridized carbons (Fsp3) is 0.391. The molecule has 144 valence electrons. The molecule has 5 heteroatoms. The average molecular weight is 374 g/mol. The van der Waals surface area contributed by atoms with E-state index in [2.05, 4.69) is 52.0 Å². The Morgan fingerprint density at radius 1 is 1.11 bits per heavy atom. The Kier molecular flexibility index (Phi) is 4.30. The van der Waals surface area contributed by atoms with Gasteiger partial charge in [-0.05, 0) is 68.5 Å². The highest BCUT2D eigenvalue weighted by Gasteiger charge is 2.28. The lowest BCUT2D eigenvalue weighted by atomic mass is 9.89. The van der Waals surface area contributed by atoms with Gasteiger partial charge >= 0.3 is 0 Å². The minimum atomic E-state index is -0.00818. The van der Waals surface area contributed by atoms with Gasteiger partial charge in [-0.1, -0.05) is 6.07 Å². The number of carbonyl (C=O) groups excluding carboxylic acids is 1. The van der Waals surface area contributed by atoms with Crippen LogP contribution in [0.15, 0.2) is 42.6 Å². The van der Waals surface area contributed by atoms with E-state index in [1.165, 1.54) is 29.8 Å². The molecule has 28 heavy (non-hydrogen) atoms. The molecule has 2 aromatic heterocycles. The van der Waals surface area contributed by atoms with E-state index < -0.39 is 0 Å². The number of amides is 1. The number of nitrogens with one attached hydrogen (secondary N) is 1. The van der Waals surface area contributed by atoms with E-state index in [1.54, 1.807) is 0 Å². The number of aryl methyl sites for hydroxylation is 2. The van der Waals surface area contributed by atoms with Crippen LogP contribution in [0.2, 0.25) is 0 Å². The molecule has 0 spiro atoms. The quantitative estimate of drug-likeness (QED) is 0.754. The minimum absolute atomic E-state index is 0.00818. The van der Waals surface area contributed by atoms with Crippen LogP contribution in [0.4, 0.5) is 11.4 Å². The summed E-state index contributed by atoms with van der Waals surface area (Å²) in [5.41, 5.74) is 6.65. The summed E-state index contributed by atoms with van der Waals surface area (Å²) in [6.45, 7) is 4.36. The van der Waals surface area contributed by atoms with Crippen molar-refractivity contribution < 1.29 is 4.79 Å². The smallest absolute Gasteiger partial charge is 0.227 e. The number of rotatable bonds is 3. The molecule has 0 radical (unpaired) electrons. The predicted octanol–water partition coefficient (Wildman–Crippen LogP) is 3.99. The standard InChI is InChI=1S/C23H26N4O/c1-16-4-11-22-25-20-10-5-17(14-21(20)27(22)15-16)23(28)24-18-6-8-19(9-7-18)26-12-2-3-13-26/h4,6-9,11,15,17H,2-3,5,10,12-14H2,1H3,(H,24,28). The topological polar surface area (TPSA) is 49.6 Å². The number of aromatic nitrogens is 2. The summed E-state index contributed by atoms with van der Waals surface area (Å²) in [6, 6.07) is 12.4. The van der Waals surface area contributed by atoms with Gasteiger partial charge in [0.15, 0.2) is 0 Å². The van der Waals surface area contributed by atoms with E-state index >= 15 is 0 Å². The van der Waals surface area contributed by atoms with E-state index in [0.29, 0.717) is 0 Å². The summed E-state index contributed by atoms with van der Waals surface area (Å²) >= 11 is 0. The van der Waals surface area contributed by atoms with E-state index in [1.807, 2.05) is 12.1 Å². The van der Waals surface area contributed by atoms with Crippen LogP contribution >= 0.6 is 0 Å². The third-order valence-electron chi connectivity index (χ3n) is 6.09. The molecule has 1 atom stereocenters. The summed E-state index contributed by atoms with van der Waals surface area (Å²) in [4.78, 5) is 20.0. The third kappa shape index (κ3) is 3.15. The van der Waals surface area contributed by atoms with E-state index in [0.717, 1.165) is 49.4 Å². The number of fused-ring (bicyclic) bond motifs is 3. The summed E-state index contributed by atoms with van der Waals surface area (Å²) in [5.74, 6) is 0.105. The normalized spacial score (nSPS) is 19.0. The fourth-order valence-electron chi connectivity index (χ4n) is 4.51. The first kappa shape index (κ1) is 17.3. The molecule has 0 bridgehead atoms. The van der Waals surface area contributed by atoms with Gasteiger partial charge in [0.05, 0.1) is 5.69 Å². The van der Waals surface area contributed by atoms with Crippen molar-refractivity contribution in [3.05, 3.63) is 59.5 Å². The highest BCUT2D eigenvalue weighted by atomic mass is 16.1. The molecule has 5 rings (SSSR count). The molecular weight excluding hydrogens is 348 g/mol. The number of hydrogen-bond donors (Lipinski definition) is 1. The number of pyridine rings is 1. The first-order valence-electron chi connectivity index (χ1n) is 10.3. The van der Waals surface area contributed by atoms with Crippen LogP contribution in [-0.2, 0) is 17.6 Å². The number of benzene rings is 1. The van der Waals surface area contributed by atoms with Crippen molar-refractivity contribution in [3.8, 4) is 0 Å². The lowest BCUT2D eigenvalue weighted by molar-refractivity contribution is -0.120. The largest absolute Gasteiger partial charge is 0.372 e. The van der Waals surface area contributed by atoms with Crippen LogP contribution in [0.25, 0.3) is 5.65 Å². The molecule has 1 aromatic carbocycles. The number of nitrogens with zero attached hydrogens (tertiary/aromatic N) is 3. The Hall–Kier alpha value is -2.82. The molecular formula is C23H26N4O. The zero-order chi connectivity index (χ0) is 19.1. The second-order valence-electron chi connectivity index (χ2n) is 8.11. The monoisotopic (exact) mass is 374 g/mol. The highest BCUT2D eigenvalue weighted by Crippen LogP contribution is 2.28. The number of imidazole rings is 1. The molecule has 0 saturated carbocycles. The predicted molar refractivity (Wildman–Crippen MR) is 112 cm³/mol. The van der Waals surface area contributed by atoms with Crippen molar-refractivity contribution in [3.63, 3.8) is 0 Å². The van der Waals surface area contributed by atoms with E-state index in [9.17, 15) is 4.79 Å². The van der Waals surface area contributed by atoms with Gasteiger partial charge in [0.1, 0.15) is 5.65 Å². The summed E-state index contributed by atoms with van der Waals surface area (Å²) in [5, 5.41) is 3.12. The molecule has 1 unspecified atom stereocenters. The Balaban J connectivity index is 1.30. The molecule has 1 fully saturated rings. The van der Waals surface area contributed by atoms with Crippen molar-refractivity contribution in [2.75, 3.05) is 23.3 Å². The molecule has 5 nitrogen and oxygen atoms in total. The Labute approximate surface area is 165 Å². The lowest BCUT2D eigenvalue weighted by Gasteiger charge is -2.22. The Morgan fingerprint density at radius 3 is 2.68 bits per heavy atom. The lowest BCUT2D eigenvalue weighted by Crippen LogP contribution is -2.28. The first-order chi connectivity index (χ1) is 13.7. The molecule has 3 aromatic rings. The molecule has 1 saturated heterocycles. The van der Waals surface area contributed by atoms with Crippen molar-refractivity contribution in [1.82, 2.24) is 9.38 Å².